The predicted octanol–water partition coefficient (Wildman–Crippen LogP) is 3.63. The third-order valence-corrected chi connectivity index (χ3v) is 2.91. The van der Waals surface area contributed by atoms with Crippen molar-refractivity contribution in [3.05, 3.63) is 65.7 Å². The minimum Gasteiger partial charge on any atom is -0.492 e. The van der Waals surface area contributed by atoms with Crippen LogP contribution in [0.15, 0.2) is 60.2 Å². The molecule has 0 fully saturated rings. The molecule has 0 radical (unpaired) electrons. The van der Waals surface area contributed by atoms with Crippen LogP contribution in [0.4, 0.5) is 5.69 Å². The molecule has 0 aliphatic rings. The summed E-state index contributed by atoms with van der Waals surface area (Å²) in [6.07, 6.45) is 1.55. The van der Waals surface area contributed by atoms with Crippen LogP contribution in [0, 0.1) is 11.3 Å². The number of benzene rings is 2. The molecular formula is C18H16N2O2. The number of ether oxygens (including phenoxy) is 1. The molecule has 2 rings (SSSR count). The number of anilines is 1. The molecule has 4 nitrogen and oxygen atoms in total. The summed E-state index contributed by atoms with van der Waals surface area (Å²) < 4.78 is 5.45. The first-order chi connectivity index (χ1) is 10.7. The Morgan fingerprint density at radius 3 is 2.55 bits per heavy atom. The Balaban J connectivity index is 2.21. The summed E-state index contributed by atoms with van der Waals surface area (Å²) in [6.45, 7) is 2.37. The topological polar surface area (TPSA) is 62.1 Å². The van der Waals surface area contributed by atoms with E-state index in [4.69, 9.17) is 4.74 Å². The van der Waals surface area contributed by atoms with Crippen molar-refractivity contribution in [3.8, 4) is 11.8 Å². The van der Waals surface area contributed by atoms with Gasteiger partial charge in [0.05, 0.1) is 12.3 Å². The van der Waals surface area contributed by atoms with Gasteiger partial charge in [0.25, 0.3) is 5.91 Å². The fourth-order valence-corrected chi connectivity index (χ4v) is 1.91. The second kappa shape index (κ2) is 7.65. The second-order valence-corrected chi connectivity index (χ2v) is 4.46. The van der Waals surface area contributed by atoms with Gasteiger partial charge in [0.2, 0.25) is 0 Å². The molecule has 110 valence electrons. The summed E-state index contributed by atoms with van der Waals surface area (Å²) in [5.74, 6) is 0.119. The highest BCUT2D eigenvalue weighted by Crippen LogP contribution is 2.24. The zero-order chi connectivity index (χ0) is 15.8. The molecule has 0 spiro atoms. The summed E-state index contributed by atoms with van der Waals surface area (Å²) in [6, 6.07) is 18.3. The van der Waals surface area contributed by atoms with E-state index in [9.17, 15) is 10.1 Å². The lowest BCUT2D eigenvalue weighted by Gasteiger charge is -2.10. The SMILES string of the molecule is CCOc1ccccc1NC(=O)/C(C#N)=C/c1ccccc1. The first-order valence-corrected chi connectivity index (χ1v) is 6.94. The predicted molar refractivity (Wildman–Crippen MR) is 86.3 cm³/mol. The number of carbonyl (C=O) groups is 1. The molecular weight excluding hydrogens is 276 g/mol. The number of nitriles is 1. The standard InChI is InChI=1S/C18H16N2O2/c1-2-22-17-11-7-6-10-16(17)20-18(21)15(13-19)12-14-8-4-3-5-9-14/h3-12H,2H2,1H3,(H,20,21)/b15-12+. The lowest BCUT2D eigenvalue weighted by molar-refractivity contribution is -0.112. The van der Waals surface area contributed by atoms with Gasteiger partial charge in [-0.15, -0.1) is 0 Å². The first kappa shape index (κ1) is 15.3. The number of carbonyl (C=O) groups excluding carboxylic acids is 1. The first-order valence-electron chi connectivity index (χ1n) is 6.94. The van der Waals surface area contributed by atoms with Crippen molar-refractivity contribution in [3.63, 3.8) is 0 Å². The molecule has 0 atom stereocenters. The smallest absolute Gasteiger partial charge is 0.266 e. The van der Waals surface area contributed by atoms with Crippen molar-refractivity contribution in [1.29, 1.82) is 5.26 Å². The Morgan fingerprint density at radius 1 is 1.18 bits per heavy atom. The molecule has 22 heavy (non-hydrogen) atoms. The maximum absolute atomic E-state index is 12.2. The zero-order valence-corrected chi connectivity index (χ0v) is 12.2. The largest absolute Gasteiger partial charge is 0.492 e. The highest BCUT2D eigenvalue weighted by Gasteiger charge is 2.12. The maximum Gasteiger partial charge on any atom is 0.266 e. The van der Waals surface area contributed by atoms with Gasteiger partial charge >= 0.3 is 0 Å². The van der Waals surface area contributed by atoms with Crippen LogP contribution in [-0.2, 0) is 4.79 Å². The number of rotatable bonds is 5. The highest BCUT2D eigenvalue weighted by molar-refractivity contribution is 6.10. The molecule has 0 unspecified atom stereocenters. The fourth-order valence-electron chi connectivity index (χ4n) is 1.91. The summed E-state index contributed by atoms with van der Waals surface area (Å²) in [5.41, 5.74) is 1.38. The van der Waals surface area contributed by atoms with Gasteiger partial charge < -0.3 is 10.1 Å². The van der Waals surface area contributed by atoms with Gasteiger partial charge in [-0.25, -0.2) is 0 Å². The maximum atomic E-state index is 12.2. The minimum atomic E-state index is -0.460. The lowest BCUT2D eigenvalue weighted by atomic mass is 10.1. The van der Waals surface area contributed by atoms with Gasteiger partial charge in [0.15, 0.2) is 0 Å². The Hall–Kier alpha value is -3.06. The van der Waals surface area contributed by atoms with Gasteiger partial charge in [0, 0.05) is 0 Å². The quantitative estimate of drug-likeness (QED) is 0.676. The van der Waals surface area contributed by atoms with E-state index in [0.29, 0.717) is 18.0 Å². The molecule has 2 aromatic rings. The normalized spacial score (nSPS) is 10.6. The van der Waals surface area contributed by atoms with E-state index in [1.165, 1.54) is 0 Å². The highest BCUT2D eigenvalue weighted by atomic mass is 16.5. The zero-order valence-electron chi connectivity index (χ0n) is 12.2. The number of amides is 1. The molecule has 0 aromatic heterocycles. The van der Waals surface area contributed by atoms with Crippen molar-refractivity contribution >= 4 is 17.7 Å². The van der Waals surface area contributed by atoms with Gasteiger partial charge in [-0.3, -0.25) is 4.79 Å². The molecule has 0 aliphatic heterocycles. The monoisotopic (exact) mass is 292 g/mol. The number of hydrogen-bond acceptors (Lipinski definition) is 3. The average molecular weight is 292 g/mol. The van der Waals surface area contributed by atoms with E-state index >= 15 is 0 Å². The number of hydrogen-bond donors (Lipinski definition) is 1. The fraction of sp³-hybridized carbons (Fsp3) is 0.111. The minimum absolute atomic E-state index is 0.0394. The molecule has 0 saturated carbocycles. The van der Waals surface area contributed by atoms with Crippen LogP contribution in [0.1, 0.15) is 12.5 Å². The summed E-state index contributed by atoms with van der Waals surface area (Å²) in [5, 5.41) is 11.9. The van der Waals surface area contributed by atoms with Crippen molar-refractivity contribution in [2.24, 2.45) is 0 Å². The van der Waals surface area contributed by atoms with Crippen molar-refractivity contribution in [2.45, 2.75) is 6.92 Å². The summed E-state index contributed by atoms with van der Waals surface area (Å²) >= 11 is 0. The third kappa shape index (κ3) is 3.97. The van der Waals surface area contributed by atoms with Crippen LogP contribution in [0.5, 0.6) is 5.75 Å². The molecule has 1 amide bonds. The van der Waals surface area contributed by atoms with Gasteiger partial charge in [0.1, 0.15) is 17.4 Å². The van der Waals surface area contributed by atoms with Crippen LogP contribution in [0.25, 0.3) is 6.08 Å². The molecule has 4 heteroatoms. The van der Waals surface area contributed by atoms with E-state index in [2.05, 4.69) is 5.32 Å². The number of nitrogens with zero attached hydrogens (tertiary/aromatic N) is 1. The van der Waals surface area contributed by atoms with E-state index in [1.54, 1.807) is 24.3 Å². The average Bonchev–Trinajstić information content (AvgIpc) is 2.55. The third-order valence-electron chi connectivity index (χ3n) is 2.91. The van der Waals surface area contributed by atoms with Crippen molar-refractivity contribution in [1.82, 2.24) is 0 Å². The Kier molecular flexibility index (Phi) is 5.33. The summed E-state index contributed by atoms with van der Waals surface area (Å²) in [4.78, 5) is 12.2. The number of nitrogens with one attached hydrogen (secondary N) is 1. The van der Waals surface area contributed by atoms with Crippen LogP contribution < -0.4 is 10.1 Å². The molecule has 0 heterocycles. The van der Waals surface area contributed by atoms with Crippen LogP contribution >= 0.6 is 0 Å². The molecule has 1 N–H and O–H groups in total. The van der Waals surface area contributed by atoms with E-state index in [1.807, 2.05) is 49.4 Å². The number of para-hydroxylation sites is 2. The van der Waals surface area contributed by atoms with E-state index in [0.717, 1.165) is 5.56 Å². The van der Waals surface area contributed by atoms with Crippen molar-refractivity contribution < 1.29 is 9.53 Å². The molecule has 0 saturated heterocycles. The molecule has 0 aliphatic carbocycles. The van der Waals surface area contributed by atoms with Crippen LogP contribution in [0.3, 0.4) is 0 Å². The lowest BCUT2D eigenvalue weighted by Crippen LogP contribution is -2.14. The summed E-state index contributed by atoms with van der Waals surface area (Å²) in [7, 11) is 0. The van der Waals surface area contributed by atoms with E-state index < -0.39 is 5.91 Å². The van der Waals surface area contributed by atoms with Gasteiger partial charge in [-0.1, -0.05) is 42.5 Å². The van der Waals surface area contributed by atoms with Crippen LogP contribution in [-0.4, -0.2) is 12.5 Å². The van der Waals surface area contributed by atoms with Gasteiger partial charge in [-0.2, -0.15) is 5.26 Å². The van der Waals surface area contributed by atoms with Gasteiger partial charge in [-0.05, 0) is 30.7 Å². The Morgan fingerprint density at radius 2 is 1.86 bits per heavy atom. The molecule has 0 bridgehead atoms. The second-order valence-electron chi connectivity index (χ2n) is 4.46. The van der Waals surface area contributed by atoms with Crippen LogP contribution in [0.2, 0.25) is 0 Å². The van der Waals surface area contributed by atoms with E-state index in [-0.39, 0.29) is 5.57 Å². The Bertz CT molecular complexity index is 715. The Labute approximate surface area is 129 Å². The van der Waals surface area contributed by atoms with Crippen molar-refractivity contribution in [2.75, 3.05) is 11.9 Å². The molecule has 2 aromatic carbocycles.